The van der Waals surface area contributed by atoms with E-state index in [1.165, 1.54) is 12.5 Å². The Hall–Kier alpha value is -2.89. The van der Waals surface area contributed by atoms with E-state index in [0.717, 1.165) is 61.5 Å². The summed E-state index contributed by atoms with van der Waals surface area (Å²) in [6, 6.07) is 14.4. The molecule has 30 heavy (non-hydrogen) atoms. The highest BCUT2D eigenvalue weighted by molar-refractivity contribution is 5.94. The number of piperidine rings is 1. The Balaban J connectivity index is 1.52. The Kier molecular flexibility index (Phi) is 8.24. The zero-order chi connectivity index (χ0) is 21.2. The molecule has 0 radical (unpaired) electrons. The largest absolute Gasteiger partial charge is 0.357 e. The third kappa shape index (κ3) is 6.58. The quantitative estimate of drug-likeness (QED) is 0.540. The number of guanidine groups is 1. The van der Waals surface area contributed by atoms with Crippen LogP contribution in [0.1, 0.15) is 47.7 Å². The molecule has 1 saturated heterocycles. The number of carbonyl (C=O) groups excluding carboxylic acids is 1. The number of carbonyl (C=O) groups is 1. The fourth-order valence-electron chi connectivity index (χ4n) is 3.56. The van der Waals surface area contributed by atoms with Gasteiger partial charge in [0.1, 0.15) is 5.82 Å². The number of halogens is 1. The highest BCUT2D eigenvalue weighted by atomic mass is 19.1. The van der Waals surface area contributed by atoms with Crippen molar-refractivity contribution < 1.29 is 9.18 Å². The molecular weight excluding hydrogens is 379 g/mol. The molecule has 1 fully saturated rings. The van der Waals surface area contributed by atoms with Crippen LogP contribution < -0.4 is 10.6 Å². The SMILES string of the molecule is CCNC(=NCc1ccc(C(=O)N2CCCCC2)cc1)NCCc1cccc(F)c1. The standard InChI is InChI=1S/C24H31FN4O/c1-2-26-24(27-14-13-19-7-6-8-22(25)17-19)28-18-20-9-11-21(12-10-20)23(30)29-15-4-3-5-16-29/h6-12,17H,2-5,13-16,18H2,1H3,(H2,26,27,28). The molecule has 0 atom stereocenters. The van der Waals surface area contributed by atoms with Gasteiger partial charge in [0.15, 0.2) is 5.96 Å². The summed E-state index contributed by atoms with van der Waals surface area (Å²) >= 11 is 0. The minimum absolute atomic E-state index is 0.122. The summed E-state index contributed by atoms with van der Waals surface area (Å²) in [5.74, 6) is 0.634. The Morgan fingerprint density at radius 1 is 1.03 bits per heavy atom. The highest BCUT2D eigenvalue weighted by Crippen LogP contribution is 2.14. The second-order valence-corrected chi connectivity index (χ2v) is 7.55. The second kappa shape index (κ2) is 11.3. The number of benzene rings is 2. The fourth-order valence-corrected chi connectivity index (χ4v) is 3.56. The molecule has 2 aromatic rings. The van der Waals surface area contributed by atoms with Gasteiger partial charge in [-0.15, -0.1) is 0 Å². The third-order valence-electron chi connectivity index (χ3n) is 5.20. The lowest BCUT2D eigenvalue weighted by Crippen LogP contribution is -2.38. The molecule has 0 spiro atoms. The number of hydrogen-bond donors (Lipinski definition) is 2. The summed E-state index contributed by atoms with van der Waals surface area (Å²) < 4.78 is 13.3. The number of nitrogens with zero attached hydrogens (tertiary/aromatic N) is 2. The van der Waals surface area contributed by atoms with Crippen LogP contribution in [0.15, 0.2) is 53.5 Å². The molecule has 5 nitrogen and oxygen atoms in total. The molecule has 160 valence electrons. The Morgan fingerprint density at radius 2 is 1.80 bits per heavy atom. The lowest BCUT2D eigenvalue weighted by molar-refractivity contribution is 0.0724. The van der Waals surface area contributed by atoms with E-state index in [-0.39, 0.29) is 11.7 Å². The van der Waals surface area contributed by atoms with E-state index in [0.29, 0.717) is 13.1 Å². The van der Waals surface area contributed by atoms with Gasteiger partial charge in [-0.05, 0) is 68.0 Å². The van der Waals surface area contributed by atoms with E-state index in [1.54, 1.807) is 12.1 Å². The van der Waals surface area contributed by atoms with Crippen molar-refractivity contribution >= 4 is 11.9 Å². The molecule has 2 N–H and O–H groups in total. The third-order valence-corrected chi connectivity index (χ3v) is 5.20. The first-order valence-corrected chi connectivity index (χ1v) is 10.8. The van der Waals surface area contributed by atoms with Crippen LogP contribution in [0.2, 0.25) is 0 Å². The van der Waals surface area contributed by atoms with Crippen molar-refractivity contribution in [1.29, 1.82) is 0 Å². The first kappa shape index (κ1) is 21.8. The molecule has 0 bridgehead atoms. The van der Waals surface area contributed by atoms with Crippen LogP contribution in [0, 0.1) is 5.82 Å². The van der Waals surface area contributed by atoms with Gasteiger partial charge in [-0.2, -0.15) is 0 Å². The van der Waals surface area contributed by atoms with Crippen LogP contribution in [0.4, 0.5) is 4.39 Å². The molecule has 6 heteroatoms. The zero-order valence-electron chi connectivity index (χ0n) is 17.7. The van der Waals surface area contributed by atoms with E-state index in [9.17, 15) is 9.18 Å². The van der Waals surface area contributed by atoms with Gasteiger partial charge in [-0.1, -0.05) is 24.3 Å². The molecule has 1 amide bonds. The first-order valence-electron chi connectivity index (χ1n) is 10.8. The normalized spacial score (nSPS) is 14.5. The minimum Gasteiger partial charge on any atom is -0.357 e. The van der Waals surface area contributed by atoms with Gasteiger partial charge in [0, 0.05) is 31.7 Å². The van der Waals surface area contributed by atoms with Gasteiger partial charge in [-0.3, -0.25) is 4.79 Å². The molecule has 1 aliphatic heterocycles. The molecular formula is C24H31FN4O. The average Bonchev–Trinajstić information content (AvgIpc) is 2.78. The van der Waals surface area contributed by atoms with Gasteiger partial charge in [-0.25, -0.2) is 9.38 Å². The molecule has 1 aliphatic rings. The molecule has 0 aliphatic carbocycles. The summed E-state index contributed by atoms with van der Waals surface area (Å²) in [5.41, 5.74) is 2.74. The topological polar surface area (TPSA) is 56.7 Å². The summed E-state index contributed by atoms with van der Waals surface area (Å²) in [6.45, 7) is 5.68. The van der Waals surface area contributed by atoms with Crippen LogP contribution in [0.25, 0.3) is 0 Å². The minimum atomic E-state index is -0.213. The van der Waals surface area contributed by atoms with Crippen molar-refractivity contribution in [1.82, 2.24) is 15.5 Å². The van der Waals surface area contributed by atoms with Crippen LogP contribution >= 0.6 is 0 Å². The highest BCUT2D eigenvalue weighted by Gasteiger charge is 2.17. The van der Waals surface area contributed by atoms with E-state index >= 15 is 0 Å². The summed E-state index contributed by atoms with van der Waals surface area (Å²) in [4.78, 5) is 19.1. The molecule has 3 rings (SSSR count). The molecule has 0 unspecified atom stereocenters. The number of nitrogens with one attached hydrogen (secondary N) is 2. The average molecular weight is 411 g/mol. The number of aliphatic imine (C=N–C) groups is 1. The van der Waals surface area contributed by atoms with Crippen LogP contribution in [0.5, 0.6) is 0 Å². The summed E-state index contributed by atoms with van der Waals surface area (Å²) in [7, 11) is 0. The van der Waals surface area contributed by atoms with E-state index < -0.39 is 0 Å². The lowest BCUT2D eigenvalue weighted by Gasteiger charge is -2.26. The maximum absolute atomic E-state index is 13.3. The fraction of sp³-hybridized carbons (Fsp3) is 0.417. The van der Waals surface area contributed by atoms with Gasteiger partial charge < -0.3 is 15.5 Å². The van der Waals surface area contributed by atoms with E-state index in [1.807, 2.05) is 42.2 Å². The van der Waals surface area contributed by atoms with Crippen molar-refractivity contribution in [2.24, 2.45) is 4.99 Å². The van der Waals surface area contributed by atoms with E-state index in [4.69, 9.17) is 0 Å². The maximum Gasteiger partial charge on any atom is 0.253 e. The smallest absolute Gasteiger partial charge is 0.253 e. The Labute approximate surface area is 178 Å². The molecule has 0 aromatic heterocycles. The monoisotopic (exact) mass is 410 g/mol. The number of rotatable bonds is 7. The van der Waals surface area contributed by atoms with Crippen molar-refractivity contribution in [3.63, 3.8) is 0 Å². The van der Waals surface area contributed by atoms with Crippen molar-refractivity contribution in [2.45, 2.75) is 39.2 Å². The molecule has 2 aromatic carbocycles. The van der Waals surface area contributed by atoms with Gasteiger partial charge in [0.2, 0.25) is 0 Å². The Bertz CT molecular complexity index is 845. The predicted octanol–water partition coefficient (Wildman–Crippen LogP) is 3.75. The van der Waals surface area contributed by atoms with Gasteiger partial charge >= 0.3 is 0 Å². The second-order valence-electron chi connectivity index (χ2n) is 7.55. The van der Waals surface area contributed by atoms with Crippen LogP contribution in [-0.4, -0.2) is 42.9 Å². The predicted molar refractivity (Wildman–Crippen MR) is 119 cm³/mol. The molecule has 0 saturated carbocycles. The maximum atomic E-state index is 13.3. The Morgan fingerprint density at radius 3 is 2.50 bits per heavy atom. The summed E-state index contributed by atoms with van der Waals surface area (Å²) in [6.07, 6.45) is 4.12. The van der Waals surface area contributed by atoms with Crippen molar-refractivity contribution in [2.75, 3.05) is 26.2 Å². The van der Waals surface area contributed by atoms with Crippen molar-refractivity contribution in [3.05, 3.63) is 71.0 Å². The van der Waals surface area contributed by atoms with Crippen LogP contribution in [0.3, 0.4) is 0 Å². The lowest BCUT2D eigenvalue weighted by atomic mass is 10.1. The summed E-state index contributed by atoms with van der Waals surface area (Å²) in [5, 5.41) is 6.51. The number of likely N-dealkylation sites (tertiary alicyclic amines) is 1. The van der Waals surface area contributed by atoms with Crippen molar-refractivity contribution in [3.8, 4) is 0 Å². The number of amides is 1. The van der Waals surface area contributed by atoms with E-state index in [2.05, 4.69) is 15.6 Å². The van der Waals surface area contributed by atoms with Crippen LogP contribution in [-0.2, 0) is 13.0 Å². The molecule has 1 heterocycles. The first-order chi connectivity index (χ1) is 14.7. The van der Waals surface area contributed by atoms with Gasteiger partial charge in [0.25, 0.3) is 5.91 Å². The zero-order valence-corrected chi connectivity index (χ0v) is 17.7. The van der Waals surface area contributed by atoms with Gasteiger partial charge in [0.05, 0.1) is 6.54 Å². The number of hydrogen-bond acceptors (Lipinski definition) is 2.